The smallest absolute Gasteiger partial charge is 0.350 e. The Labute approximate surface area is 69.7 Å². The summed E-state index contributed by atoms with van der Waals surface area (Å²) in [5.74, 6) is -10.6. The van der Waals surface area contributed by atoms with E-state index in [1.165, 1.54) is 0 Å². The molecule has 78 valence electrons. The molecular formula is C6H6F6O. The van der Waals surface area contributed by atoms with Gasteiger partial charge in [-0.15, -0.1) is 0 Å². The van der Waals surface area contributed by atoms with Gasteiger partial charge in [-0.2, -0.15) is 26.3 Å². The van der Waals surface area contributed by atoms with Crippen molar-refractivity contribution in [1.82, 2.24) is 0 Å². The Morgan fingerprint density at radius 3 is 1.46 bits per heavy atom. The predicted octanol–water partition coefficient (Wildman–Crippen LogP) is 2.42. The van der Waals surface area contributed by atoms with Crippen LogP contribution in [0.2, 0.25) is 0 Å². The summed E-state index contributed by atoms with van der Waals surface area (Å²) in [7, 11) is 0. The zero-order chi connectivity index (χ0) is 11.1. The summed E-state index contributed by atoms with van der Waals surface area (Å²) in [6, 6.07) is 0. The molecule has 1 unspecified atom stereocenters. The fourth-order valence-corrected chi connectivity index (χ4v) is 0.461. The molecule has 0 aromatic carbocycles. The first-order valence-electron chi connectivity index (χ1n) is 2.96. The van der Waals surface area contributed by atoms with Gasteiger partial charge >= 0.3 is 18.0 Å². The number of alkyl halides is 6. The number of hydrogen-bond donors (Lipinski definition) is 1. The Hall–Kier alpha value is -0.720. The second kappa shape index (κ2) is 2.90. The molecule has 7 heteroatoms. The quantitative estimate of drug-likeness (QED) is 0.545. The molecule has 0 rings (SSSR count). The van der Waals surface area contributed by atoms with Crippen molar-refractivity contribution in [3.63, 3.8) is 0 Å². The molecule has 0 saturated heterocycles. The van der Waals surface area contributed by atoms with Crippen molar-refractivity contribution in [3.05, 3.63) is 12.2 Å². The third-order valence-electron chi connectivity index (χ3n) is 1.33. The molecule has 0 aliphatic carbocycles. The molecule has 0 aromatic rings. The van der Waals surface area contributed by atoms with Crippen molar-refractivity contribution in [2.75, 3.05) is 0 Å². The highest BCUT2D eigenvalue weighted by molar-refractivity contribution is 5.12. The van der Waals surface area contributed by atoms with E-state index in [-0.39, 0.29) is 0 Å². The second-order valence-corrected chi connectivity index (χ2v) is 2.47. The fourth-order valence-electron chi connectivity index (χ4n) is 0.461. The first-order valence-corrected chi connectivity index (χ1v) is 2.96. The number of halogens is 6. The number of rotatable bonds is 2. The van der Waals surface area contributed by atoms with Crippen molar-refractivity contribution < 1.29 is 31.4 Å². The maximum atomic E-state index is 12.4. The van der Waals surface area contributed by atoms with Gasteiger partial charge in [0, 0.05) is 0 Å². The van der Waals surface area contributed by atoms with Crippen LogP contribution in [0.1, 0.15) is 6.92 Å². The summed E-state index contributed by atoms with van der Waals surface area (Å²) in [4.78, 5) is 0. The average Bonchev–Trinajstić information content (AvgIpc) is 1.84. The summed E-state index contributed by atoms with van der Waals surface area (Å²) >= 11 is 0. The van der Waals surface area contributed by atoms with Crippen LogP contribution in [0, 0.1) is 0 Å². The molecule has 1 N–H and O–H groups in total. The molecule has 0 aromatic heterocycles. The largest absolute Gasteiger partial charge is 0.455 e. The van der Waals surface area contributed by atoms with Gasteiger partial charge in [0.05, 0.1) is 0 Å². The molecular weight excluding hydrogens is 202 g/mol. The van der Waals surface area contributed by atoms with Gasteiger partial charge in [0.15, 0.2) is 0 Å². The maximum Gasteiger partial charge on any atom is 0.455 e. The molecule has 0 fully saturated rings. The Morgan fingerprint density at radius 1 is 1.08 bits per heavy atom. The van der Waals surface area contributed by atoms with Crippen molar-refractivity contribution in [3.8, 4) is 0 Å². The van der Waals surface area contributed by atoms with Gasteiger partial charge in [0.25, 0.3) is 0 Å². The van der Waals surface area contributed by atoms with Crippen LogP contribution in [0.3, 0.4) is 0 Å². The van der Waals surface area contributed by atoms with Crippen LogP contribution < -0.4 is 0 Å². The highest BCUT2D eigenvalue weighted by atomic mass is 19.4. The molecule has 0 spiro atoms. The first kappa shape index (κ1) is 12.3. The lowest BCUT2D eigenvalue weighted by atomic mass is 10.0. The minimum Gasteiger partial charge on any atom is -0.350 e. The number of aliphatic hydroxyl groups is 1. The second-order valence-electron chi connectivity index (χ2n) is 2.47. The van der Waals surface area contributed by atoms with Crippen molar-refractivity contribution in [2.24, 2.45) is 0 Å². The summed E-state index contributed by atoms with van der Waals surface area (Å²) in [6.45, 7) is 2.94. The van der Waals surface area contributed by atoms with Crippen LogP contribution in [0.15, 0.2) is 12.2 Å². The molecule has 0 bridgehead atoms. The zero-order valence-corrected chi connectivity index (χ0v) is 6.42. The van der Waals surface area contributed by atoms with Crippen LogP contribution in [0.5, 0.6) is 0 Å². The standard InChI is InChI=1S/C6H6F6O/c1-3(2)4(7,8)5(9,13)6(10,11)12/h13H,1H2,2H3. The Bertz CT molecular complexity index is 216. The van der Waals surface area contributed by atoms with Gasteiger partial charge in [-0.1, -0.05) is 6.58 Å². The lowest BCUT2D eigenvalue weighted by Crippen LogP contribution is -2.55. The number of hydrogen-bond acceptors (Lipinski definition) is 1. The van der Waals surface area contributed by atoms with Gasteiger partial charge in [-0.3, -0.25) is 0 Å². The Balaban J connectivity index is 5.16. The van der Waals surface area contributed by atoms with Gasteiger partial charge in [0.1, 0.15) is 0 Å². The van der Waals surface area contributed by atoms with Crippen LogP contribution in [-0.4, -0.2) is 23.1 Å². The van der Waals surface area contributed by atoms with Crippen LogP contribution >= 0.6 is 0 Å². The molecule has 0 aliphatic heterocycles. The molecule has 0 saturated carbocycles. The highest BCUT2D eigenvalue weighted by Crippen LogP contribution is 2.46. The van der Waals surface area contributed by atoms with E-state index in [0.29, 0.717) is 6.92 Å². The Kier molecular flexibility index (Phi) is 2.74. The van der Waals surface area contributed by atoms with Crippen LogP contribution in [0.4, 0.5) is 26.3 Å². The molecule has 13 heavy (non-hydrogen) atoms. The van der Waals surface area contributed by atoms with E-state index in [4.69, 9.17) is 5.11 Å². The molecule has 0 amide bonds. The van der Waals surface area contributed by atoms with E-state index < -0.39 is 23.5 Å². The third-order valence-corrected chi connectivity index (χ3v) is 1.33. The van der Waals surface area contributed by atoms with Crippen LogP contribution in [-0.2, 0) is 0 Å². The fraction of sp³-hybridized carbons (Fsp3) is 0.667. The van der Waals surface area contributed by atoms with Gasteiger partial charge in [0.2, 0.25) is 0 Å². The topological polar surface area (TPSA) is 20.2 Å². The lowest BCUT2D eigenvalue weighted by molar-refractivity contribution is -0.375. The van der Waals surface area contributed by atoms with E-state index in [1.54, 1.807) is 0 Å². The molecule has 1 atom stereocenters. The maximum absolute atomic E-state index is 12.4. The summed E-state index contributed by atoms with van der Waals surface area (Å²) < 4.78 is 71.6. The summed E-state index contributed by atoms with van der Waals surface area (Å²) in [5, 5.41) is 7.95. The SMILES string of the molecule is C=C(C)C(F)(F)C(O)(F)C(F)(F)F. The summed E-state index contributed by atoms with van der Waals surface area (Å²) in [5.41, 5.74) is -1.41. The van der Waals surface area contributed by atoms with Crippen LogP contribution in [0.25, 0.3) is 0 Å². The van der Waals surface area contributed by atoms with Gasteiger partial charge in [-0.05, 0) is 12.5 Å². The van der Waals surface area contributed by atoms with Gasteiger partial charge in [-0.25, -0.2) is 0 Å². The summed E-state index contributed by atoms with van der Waals surface area (Å²) in [6.07, 6.45) is -6.06. The molecule has 0 aliphatic rings. The minimum absolute atomic E-state index is 0.482. The van der Waals surface area contributed by atoms with Crippen molar-refractivity contribution in [1.29, 1.82) is 0 Å². The molecule has 0 radical (unpaired) electrons. The molecule has 0 heterocycles. The normalized spacial score (nSPS) is 18.2. The zero-order valence-electron chi connectivity index (χ0n) is 6.42. The minimum atomic E-state index is -6.06. The Morgan fingerprint density at radius 2 is 1.38 bits per heavy atom. The van der Waals surface area contributed by atoms with Crippen molar-refractivity contribution >= 4 is 0 Å². The highest BCUT2D eigenvalue weighted by Gasteiger charge is 2.71. The van der Waals surface area contributed by atoms with E-state index in [9.17, 15) is 26.3 Å². The van der Waals surface area contributed by atoms with E-state index in [1.807, 2.05) is 0 Å². The average molecular weight is 208 g/mol. The van der Waals surface area contributed by atoms with E-state index in [0.717, 1.165) is 0 Å². The first-order chi connectivity index (χ1) is 5.44. The van der Waals surface area contributed by atoms with Gasteiger partial charge < -0.3 is 5.11 Å². The lowest BCUT2D eigenvalue weighted by Gasteiger charge is -2.30. The van der Waals surface area contributed by atoms with E-state index >= 15 is 0 Å². The van der Waals surface area contributed by atoms with E-state index in [2.05, 4.69) is 6.58 Å². The monoisotopic (exact) mass is 208 g/mol. The van der Waals surface area contributed by atoms with Crippen molar-refractivity contribution in [2.45, 2.75) is 24.9 Å². The predicted molar refractivity (Wildman–Crippen MR) is 31.9 cm³/mol. The third kappa shape index (κ3) is 1.79. The molecule has 1 nitrogen and oxygen atoms in total.